The van der Waals surface area contributed by atoms with Crippen LogP contribution >= 0.6 is 0 Å². The zero-order chi connectivity index (χ0) is 14.9. The number of nitrogens with zero attached hydrogens (tertiary/aromatic N) is 4. The highest BCUT2D eigenvalue weighted by Gasteiger charge is 2.12. The Labute approximate surface area is 126 Å². The van der Waals surface area contributed by atoms with Gasteiger partial charge in [-0.15, -0.1) is 0 Å². The Morgan fingerprint density at radius 2 is 1.95 bits per heavy atom. The summed E-state index contributed by atoms with van der Waals surface area (Å²) < 4.78 is 3.56. The maximum Gasteiger partial charge on any atom is 0.270 e. The average molecular weight is 291 g/mol. The number of hydrogen-bond acceptors (Lipinski definition) is 3. The van der Waals surface area contributed by atoms with E-state index in [0.29, 0.717) is 12.2 Å². The van der Waals surface area contributed by atoms with E-state index in [1.807, 2.05) is 48.8 Å². The fourth-order valence-electron chi connectivity index (χ4n) is 2.49. The molecule has 0 spiro atoms. The molecule has 6 nitrogen and oxygen atoms in total. The largest absolute Gasteiger partial charge is 0.346 e. The van der Waals surface area contributed by atoms with Gasteiger partial charge in [0.1, 0.15) is 11.3 Å². The number of imidazole rings is 1. The number of aromatic nitrogens is 4. The summed E-state index contributed by atoms with van der Waals surface area (Å²) in [5, 5.41) is 7.18. The lowest BCUT2D eigenvalue weighted by atomic mass is 10.2. The minimum atomic E-state index is -0.158. The third kappa shape index (κ3) is 2.01. The second-order valence-corrected chi connectivity index (χ2v) is 4.96. The third-order valence-corrected chi connectivity index (χ3v) is 3.60. The summed E-state index contributed by atoms with van der Waals surface area (Å²) in [7, 11) is 0. The predicted molar refractivity (Wildman–Crippen MR) is 81.6 cm³/mol. The van der Waals surface area contributed by atoms with Gasteiger partial charge in [0.15, 0.2) is 0 Å². The van der Waals surface area contributed by atoms with Gasteiger partial charge in [-0.1, -0.05) is 12.1 Å². The molecule has 4 heterocycles. The van der Waals surface area contributed by atoms with Crippen molar-refractivity contribution in [2.45, 2.75) is 6.54 Å². The van der Waals surface area contributed by atoms with E-state index in [1.165, 1.54) is 0 Å². The molecular formula is C16H13N5O. The van der Waals surface area contributed by atoms with Crippen molar-refractivity contribution in [2.24, 2.45) is 0 Å². The molecule has 0 aliphatic heterocycles. The molecule has 4 aromatic heterocycles. The predicted octanol–water partition coefficient (Wildman–Crippen LogP) is 1.91. The van der Waals surface area contributed by atoms with Crippen LogP contribution in [0.4, 0.5) is 0 Å². The summed E-state index contributed by atoms with van der Waals surface area (Å²) in [6, 6.07) is 11.5. The van der Waals surface area contributed by atoms with Crippen LogP contribution in [0.15, 0.2) is 61.2 Å². The standard InChI is InChI=1S/C16H13N5O/c22-16(14-11-17-15-6-2-3-7-20(14)15)18-9-12-10-19-21-8-4-1-5-13(12)21/h1-8,10-11H,9H2,(H,18,22). The SMILES string of the molecule is O=C(NCc1cnn2ccccc12)c1cnc2ccccn12. The minimum Gasteiger partial charge on any atom is -0.346 e. The summed E-state index contributed by atoms with van der Waals surface area (Å²) >= 11 is 0. The Balaban J connectivity index is 1.57. The first-order valence-corrected chi connectivity index (χ1v) is 6.94. The zero-order valence-corrected chi connectivity index (χ0v) is 11.7. The number of pyridine rings is 2. The highest BCUT2D eigenvalue weighted by atomic mass is 16.1. The average Bonchev–Trinajstić information content (AvgIpc) is 3.17. The Hall–Kier alpha value is -3.15. The minimum absolute atomic E-state index is 0.158. The molecule has 1 amide bonds. The third-order valence-electron chi connectivity index (χ3n) is 3.60. The molecule has 1 N–H and O–H groups in total. The normalized spacial score (nSPS) is 11.1. The van der Waals surface area contributed by atoms with Crippen molar-refractivity contribution in [2.75, 3.05) is 0 Å². The number of amides is 1. The molecule has 0 bridgehead atoms. The van der Waals surface area contributed by atoms with Crippen LogP contribution in [0.2, 0.25) is 0 Å². The lowest BCUT2D eigenvalue weighted by molar-refractivity contribution is 0.0945. The summed E-state index contributed by atoms with van der Waals surface area (Å²) in [5.74, 6) is -0.158. The molecule has 0 aliphatic carbocycles. The molecule has 0 fully saturated rings. The molecule has 108 valence electrons. The van der Waals surface area contributed by atoms with Gasteiger partial charge in [0.2, 0.25) is 0 Å². The molecule has 4 rings (SSSR count). The maximum atomic E-state index is 12.4. The van der Waals surface area contributed by atoms with E-state index >= 15 is 0 Å². The second kappa shape index (κ2) is 5.00. The van der Waals surface area contributed by atoms with Crippen molar-refractivity contribution >= 4 is 17.1 Å². The molecule has 4 aromatic rings. The van der Waals surface area contributed by atoms with E-state index in [0.717, 1.165) is 16.7 Å². The molecule has 0 saturated carbocycles. The smallest absolute Gasteiger partial charge is 0.270 e. The highest BCUT2D eigenvalue weighted by Crippen LogP contribution is 2.10. The van der Waals surface area contributed by atoms with E-state index in [4.69, 9.17) is 0 Å². The molecule has 0 unspecified atom stereocenters. The van der Waals surface area contributed by atoms with Gasteiger partial charge in [0, 0.05) is 24.5 Å². The van der Waals surface area contributed by atoms with Gasteiger partial charge in [-0.05, 0) is 24.3 Å². The van der Waals surface area contributed by atoms with E-state index in [1.54, 1.807) is 21.3 Å². The van der Waals surface area contributed by atoms with E-state index in [9.17, 15) is 4.79 Å². The van der Waals surface area contributed by atoms with Crippen LogP contribution in [0.5, 0.6) is 0 Å². The second-order valence-electron chi connectivity index (χ2n) is 4.96. The first-order valence-electron chi connectivity index (χ1n) is 6.94. The zero-order valence-electron chi connectivity index (χ0n) is 11.7. The summed E-state index contributed by atoms with van der Waals surface area (Å²) in [6.07, 6.45) is 7.06. The van der Waals surface area contributed by atoms with E-state index in [2.05, 4.69) is 15.4 Å². The number of hydrogen-bond donors (Lipinski definition) is 1. The fourth-order valence-corrected chi connectivity index (χ4v) is 2.49. The van der Waals surface area contributed by atoms with Gasteiger partial charge in [-0.25, -0.2) is 9.50 Å². The van der Waals surface area contributed by atoms with Gasteiger partial charge >= 0.3 is 0 Å². The lowest BCUT2D eigenvalue weighted by Gasteiger charge is -2.04. The Morgan fingerprint density at radius 3 is 2.91 bits per heavy atom. The fraction of sp³-hybridized carbons (Fsp3) is 0.0625. The molecule has 0 radical (unpaired) electrons. The van der Waals surface area contributed by atoms with Crippen LogP contribution in [0, 0.1) is 0 Å². The molecular weight excluding hydrogens is 278 g/mol. The summed E-state index contributed by atoms with van der Waals surface area (Å²) in [6.45, 7) is 0.423. The quantitative estimate of drug-likeness (QED) is 0.627. The van der Waals surface area contributed by atoms with Crippen molar-refractivity contribution in [3.8, 4) is 0 Å². The van der Waals surface area contributed by atoms with Gasteiger partial charge in [0.05, 0.1) is 17.9 Å². The van der Waals surface area contributed by atoms with Crippen LogP contribution in [-0.4, -0.2) is 24.9 Å². The van der Waals surface area contributed by atoms with E-state index in [-0.39, 0.29) is 5.91 Å². The van der Waals surface area contributed by atoms with Crippen molar-refractivity contribution in [3.05, 3.63) is 72.4 Å². The van der Waals surface area contributed by atoms with Crippen LogP contribution in [-0.2, 0) is 6.54 Å². The molecule has 0 aliphatic rings. The van der Waals surface area contributed by atoms with Crippen molar-refractivity contribution in [3.63, 3.8) is 0 Å². The lowest BCUT2D eigenvalue weighted by Crippen LogP contribution is -2.24. The highest BCUT2D eigenvalue weighted by molar-refractivity contribution is 5.93. The number of fused-ring (bicyclic) bond motifs is 2. The Kier molecular flexibility index (Phi) is 2.86. The van der Waals surface area contributed by atoms with Crippen LogP contribution in [0.1, 0.15) is 16.1 Å². The van der Waals surface area contributed by atoms with Crippen LogP contribution in [0.3, 0.4) is 0 Å². The maximum absolute atomic E-state index is 12.4. The summed E-state index contributed by atoms with van der Waals surface area (Å²) in [5.41, 5.74) is 3.24. The Morgan fingerprint density at radius 1 is 1.09 bits per heavy atom. The van der Waals surface area contributed by atoms with E-state index < -0.39 is 0 Å². The number of carbonyl (C=O) groups is 1. The first kappa shape index (κ1) is 12.6. The van der Waals surface area contributed by atoms with Gasteiger partial charge in [-0.2, -0.15) is 5.10 Å². The van der Waals surface area contributed by atoms with Gasteiger partial charge in [-0.3, -0.25) is 9.20 Å². The number of nitrogens with one attached hydrogen (secondary N) is 1. The number of carbonyl (C=O) groups excluding carboxylic acids is 1. The number of rotatable bonds is 3. The molecule has 22 heavy (non-hydrogen) atoms. The van der Waals surface area contributed by atoms with Crippen LogP contribution in [0.25, 0.3) is 11.2 Å². The van der Waals surface area contributed by atoms with Crippen molar-refractivity contribution in [1.82, 2.24) is 24.3 Å². The van der Waals surface area contributed by atoms with Crippen molar-refractivity contribution < 1.29 is 4.79 Å². The summed E-state index contributed by atoms with van der Waals surface area (Å²) in [4.78, 5) is 16.6. The first-order chi connectivity index (χ1) is 10.8. The monoisotopic (exact) mass is 291 g/mol. The molecule has 0 aromatic carbocycles. The molecule has 6 heteroatoms. The Bertz CT molecular complexity index is 969. The molecule has 0 atom stereocenters. The van der Waals surface area contributed by atoms with Crippen molar-refractivity contribution in [1.29, 1.82) is 0 Å². The molecule has 0 saturated heterocycles. The topological polar surface area (TPSA) is 63.7 Å². The van der Waals surface area contributed by atoms with Gasteiger partial charge < -0.3 is 5.32 Å². The van der Waals surface area contributed by atoms with Gasteiger partial charge in [0.25, 0.3) is 5.91 Å². The van der Waals surface area contributed by atoms with Crippen LogP contribution < -0.4 is 5.32 Å².